The highest BCUT2D eigenvalue weighted by Gasteiger charge is 2.03. The standard InChI is InChI=1S/C26H40N2S/c1-3-5-7-8-9-10-11-12-13-14-15-23-21-27-26(28-22-23)24-16-18-25(19-17-24)29-20-6-4-2/h16-19,21-22H,3-15,20H2,1-2H3. The van der Waals surface area contributed by atoms with Crippen molar-refractivity contribution in [2.45, 2.75) is 102 Å². The molecule has 0 saturated carbocycles. The predicted octanol–water partition coefficient (Wildman–Crippen LogP) is 8.50. The molecule has 0 atom stereocenters. The molecular weight excluding hydrogens is 372 g/mol. The second kappa shape index (κ2) is 15.5. The maximum atomic E-state index is 4.60. The van der Waals surface area contributed by atoms with Gasteiger partial charge in [-0.25, -0.2) is 9.97 Å². The smallest absolute Gasteiger partial charge is 0.159 e. The van der Waals surface area contributed by atoms with E-state index in [1.165, 1.54) is 93.3 Å². The van der Waals surface area contributed by atoms with E-state index < -0.39 is 0 Å². The van der Waals surface area contributed by atoms with Crippen molar-refractivity contribution in [3.8, 4) is 11.4 Å². The fourth-order valence-corrected chi connectivity index (χ4v) is 4.48. The van der Waals surface area contributed by atoms with Crippen LogP contribution >= 0.6 is 11.8 Å². The van der Waals surface area contributed by atoms with E-state index in [9.17, 15) is 0 Å². The van der Waals surface area contributed by atoms with E-state index in [0.29, 0.717) is 0 Å². The molecule has 1 aromatic carbocycles. The van der Waals surface area contributed by atoms with Crippen LogP contribution in [0.25, 0.3) is 11.4 Å². The lowest BCUT2D eigenvalue weighted by molar-refractivity contribution is 0.556. The van der Waals surface area contributed by atoms with Crippen LogP contribution in [0.4, 0.5) is 0 Å². The first-order chi connectivity index (χ1) is 14.3. The maximum Gasteiger partial charge on any atom is 0.159 e. The Morgan fingerprint density at radius 3 is 1.79 bits per heavy atom. The summed E-state index contributed by atoms with van der Waals surface area (Å²) in [5.74, 6) is 2.03. The summed E-state index contributed by atoms with van der Waals surface area (Å²) in [6, 6.07) is 8.67. The second-order valence-corrected chi connectivity index (χ2v) is 9.24. The molecule has 2 nitrogen and oxygen atoms in total. The molecule has 0 aliphatic rings. The molecule has 0 spiro atoms. The van der Waals surface area contributed by atoms with Crippen molar-refractivity contribution in [1.82, 2.24) is 9.97 Å². The Morgan fingerprint density at radius 2 is 1.21 bits per heavy atom. The average Bonchev–Trinajstić information content (AvgIpc) is 2.76. The monoisotopic (exact) mass is 412 g/mol. The van der Waals surface area contributed by atoms with Crippen LogP contribution in [0.15, 0.2) is 41.6 Å². The van der Waals surface area contributed by atoms with Gasteiger partial charge < -0.3 is 0 Å². The van der Waals surface area contributed by atoms with E-state index >= 15 is 0 Å². The average molecular weight is 413 g/mol. The molecule has 1 heterocycles. The summed E-state index contributed by atoms with van der Waals surface area (Å²) in [6.07, 6.45) is 21.4. The molecule has 0 bridgehead atoms. The Balaban J connectivity index is 1.62. The summed E-state index contributed by atoms with van der Waals surface area (Å²) in [5, 5.41) is 0. The molecule has 0 saturated heterocycles. The van der Waals surface area contributed by atoms with Crippen molar-refractivity contribution < 1.29 is 0 Å². The fraction of sp³-hybridized carbons (Fsp3) is 0.615. The normalized spacial score (nSPS) is 11.1. The third-order valence-corrected chi connectivity index (χ3v) is 6.50. The molecule has 2 aromatic rings. The van der Waals surface area contributed by atoms with Gasteiger partial charge in [0.2, 0.25) is 0 Å². The first-order valence-corrected chi connectivity index (χ1v) is 12.9. The zero-order chi connectivity index (χ0) is 20.6. The fourth-order valence-electron chi connectivity index (χ4n) is 3.48. The molecule has 0 N–H and O–H groups in total. The van der Waals surface area contributed by atoms with Crippen molar-refractivity contribution in [3.63, 3.8) is 0 Å². The molecule has 0 unspecified atom stereocenters. The van der Waals surface area contributed by atoms with Crippen molar-refractivity contribution in [2.24, 2.45) is 0 Å². The summed E-state index contributed by atoms with van der Waals surface area (Å²) in [6.45, 7) is 4.52. The largest absolute Gasteiger partial charge is 0.236 e. The molecule has 0 aliphatic carbocycles. The number of rotatable bonds is 16. The van der Waals surface area contributed by atoms with Gasteiger partial charge >= 0.3 is 0 Å². The van der Waals surface area contributed by atoms with Gasteiger partial charge in [-0.1, -0.05) is 90.2 Å². The van der Waals surface area contributed by atoms with Gasteiger partial charge in [-0.3, -0.25) is 0 Å². The summed E-state index contributed by atoms with van der Waals surface area (Å²) < 4.78 is 0. The first-order valence-electron chi connectivity index (χ1n) is 11.9. The van der Waals surface area contributed by atoms with E-state index in [2.05, 4.69) is 48.1 Å². The van der Waals surface area contributed by atoms with Gasteiger partial charge in [0, 0.05) is 22.9 Å². The van der Waals surface area contributed by atoms with Crippen LogP contribution in [0.1, 0.15) is 96.5 Å². The number of benzene rings is 1. The van der Waals surface area contributed by atoms with Crippen molar-refractivity contribution in [1.29, 1.82) is 0 Å². The van der Waals surface area contributed by atoms with Crippen LogP contribution in [0.5, 0.6) is 0 Å². The molecule has 1 aromatic heterocycles. The lowest BCUT2D eigenvalue weighted by Gasteiger charge is -2.05. The maximum absolute atomic E-state index is 4.60. The van der Waals surface area contributed by atoms with E-state index in [4.69, 9.17) is 0 Å². The molecule has 0 amide bonds. The van der Waals surface area contributed by atoms with Crippen molar-refractivity contribution >= 4 is 11.8 Å². The number of thioether (sulfide) groups is 1. The number of aryl methyl sites for hydroxylation is 1. The van der Waals surface area contributed by atoms with Crippen molar-refractivity contribution in [2.75, 3.05) is 5.75 Å². The Morgan fingerprint density at radius 1 is 0.655 bits per heavy atom. The minimum Gasteiger partial charge on any atom is -0.236 e. The summed E-state index contributed by atoms with van der Waals surface area (Å²) in [4.78, 5) is 10.5. The number of hydrogen-bond donors (Lipinski definition) is 0. The number of unbranched alkanes of at least 4 members (excludes halogenated alkanes) is 10. The second-order valence-electron chi connectivity index (χ2n) is 8.07. The Hall–Kier alpha value is -1.35. The molecule has 2 rings (SSSR count). The van der Waals surface area contributed by atoms with Gasteiger partial charge in [-0.05, 0) is 42.7 Å². The van der Waals surface area contributed by atoms with Crippen LogP contribution in [0, 0.1) is 0 Å². The lowest BCUT2D eigenvalue weighted by atomic mass is 10.0. The first kappa shape index (κ1) is 23.9. The topological polar surface area (TPSA) is 25.8 Å². The van der Waals surface area contributed by atoms with E-state index in [-0.39, 0.29) is 0 Å². The summed E-state index contributed by atoms with van der Waals surface area (Å²) in [7, 11) is 0. The molecular formula is C26H40N2S. The highest BCUT2D eigenvalue weighted by atomic mass is 32.2. The quantitative estimate of drug-likeness (QED) is 0.204. The van der Waals surface area contributed by atoms with Crippen molar-refractivity contribution in [3.05, 3.63) is 42.2 Å². The number of hydrogen-bond acceptors (Lipinski definition) is 3. The van der Waals surface area contributed by atoms with Crippen LogP contribution in [0.2, 0.25) is 0 Å². The zero-order valence-electron chi connectivity index (χ0n) is 18.7. The molecule has 0 radical (unpaired) electrons. The zero-order valence-corrected chi connectivity index (χ0v) is 19.5. The van der Waals surface area contributed by atoms with Gasteiger partial charge in [0.25, 0.3) is 0 Å². The predicted molar refractivity (Wildman–Crippen MR) is 129 cm³/mol. The van der Waals surface area contributed by atoms with E-state index in [1.54, 1.807) is 0 Å². The van der Waals surface area contributed by atoms with E-state index in [1.807, 2.05) is 24.2 Å². The van der Waals surface area contributed by atoms with Gasteiger partial charge in [-0.15, -0.1) is 11.8 Å². The van der Waals surface area contributed by atoms with Crippen LogP contribution in [-0.2, 0) is 6.42 Å². The van der Waals surface area contributed by atoms with E-state index in [0.717, 1.165) is 17.8 Å². The van der Waals surface area contributed by atoms with Gasteiger partial charge in [0.15, 0.2) is 5.82 Å². The molecule has 0 aliphatic heterocycles. The minimum absolute atomic E-state index is 0.835. The third-order valence-electron chi connectivity index (χ3n) is 5.40. The SMILES string of the molecule is CCCCCCCCCCCCc1cnc(-c2ccc(SCCCC)cc2)nc1. The van der Waals surface area contributed by atoms with Crippen LogP contribution in [-0.4, -0.2) is 15.7 Å². The molecule has 0 fully saturated rings. The van der Waals surface area contributed by atoms with Gasteiger partial charge in [0.05, 0.1) is 0 Å². The Kier molecular flexibility index (Phi) is 12.8. The summed E-state index contributed by atoms with van der Waals surface area (Å²) >= 11 is 1.93. The van der Waals surface area contributed by atoms with Gasteiger partial charge in [-0.2, -0.15) is 0 Å². The molecule has 160 valence electrons. The highest BCUT2D eigenvalue weighted by molar-refractivity contribution is 7.99. The Bertz CT molecular complexity index is 637. The number of aromatic nitrogens is 2. The van der Waals surface area contributed by atoms with Crippen LogP contribution in [0.3, 0.4) is 0 Å². The third kappa shape index (κ3) is 10.3. The minimum atomic E-state index is 0.835. The van der Waals surface area contributed by atoms with Crippen LogP contribution < -0.4 is 0 Å². The Labute approximate surface area is 183 Å². The lowest BCUT2D eigenvalue weighted by Crippen LogP contribution is -1.93. The summed E-state index contributed by atoms with van der Waals surface area (Å²) in [5.41, 5.74) is 2.37. The number of nitrogens with zero attached hydrogens (tertiary/aromatic N) is 2. The molecule has 3 heteroatoms. The van der Waals surface area contributed by atoms with Gasteiger partial charge in [0.1, 0.15) is 0 Å². The highest BCUT2D eigenvalue weighted by Crippen LogP contribution is 2.23. The molecule has 29 heavy (non-hydrogen) atoms.